The lowest BCUT2D eigenvalue weighted by Gasteiger charge is -2.33. The summed E-state index contributed by atoms with van der Waals surface area (Å²) in [5, 5.41) is 0.616. The van der Waals surface area contributed by atoms with Crippen LogP contribution in [-0.4, -0.2) is 23.8 Å². The molecule has 1 aromatic carbocycles. The Morgan fingerprint density at radius 3 is 2.56 bits per heavy atom. The number of halogens is 1. The van der Waals surface area contributed by atoms with Crippen LogP contribution in [0, 0.1) is 5.92 Å². The van der Waals surface area contributed by atoms with Gasteiger partial charge in [-0.25, -0.2) is 0 Å². The Hall–Kier alpha value is -2.46. The number of benzene rings is 1. The molecule has 1 aliphatic rings. The first-order valence-corrected chi connectivity index (χ1v) is 8.41. The summed E-state index contributed by atoms with van der Waals surface area (Å²) in [4.78, 5) is 21.4. The molecule has 0 bridgehead atoms. The summed E-state index contributed by atoms with van der Waals surface area (Å²) in [6.45, 7) is 3.80. The average Bonchev–Trinajstić information content (AvgIpc) is 2.62. The van der Waals surface area contributed by atoms with E-state index in [1.807, 2.05) is 50.2 Å². The van der Waals surface area contributed by atoms with Crippen LogP contribution >= 0.6 is 11.6 Å². The Kier molecular flexibility index (Phi) is 5.00. The Morgan fingerprint density at radius 2 is 1.92 bits per heavy atom. The fourth-order valence-electron chi connectivity index (χ4n) is 3.43. The Labute approximate surface area is 152 Å². The van der Waals surface area contributed by atoms with Crippen molar-refractivity contribution < 1.29 is 9.53 Å². The first-order valence-electron chi connectivity index (χ1n) is 8.03. The van der Waals surface area contributed by atoms with Crippen LogP contribution in [0.5, 0.6) is 0 Å². The molecule has 0 radical (unpaired) electrons. The minimum atomic E-state index is -0.524. The van der Waals surface area contributed by atoms with Gasteiger partial charge in [-0.05, 0) is 42.7 Å². The number of hydrogen-bond donors (Lipinski definition) is 0. The van der Waals surface area contributed by atoms with Gasteiger partial charge in [0.2, 0.25) is 0 Å². The summed E-state index contributed by atoms with van der Waals surface area (Å²) in [6, 6.07) is 11.4. The van der Waals surface area contributed by atoms with Crippen LogP contribution in [-0.2, 0) is 9.53 Å². The van der Waals surface area contributed by atoms with Gasteiger partial charge in [-0.2, -0.15) is 0 Å². The third kappa shape index (κ3) is 3.22. The molecule has 0 spiro atoms. The molecule has 128 valence electrons. The number of aliphatic imine (C=N–C) groups is 1. The first kappa shape index (κ1) is 17.4. The van der Waals surface area contributed by atoms with Crippen molar-refractivity contribution in [2.45, 2.75) is 19.8 Å². The summed E-state index contributed by atoms with van der Waals surface area (Å²) >= 11 is 6.49. The largest absolute Gasteiger partial charge is 0.468 e. The second-order valence-electron chi connectivity index (χ2n) is 5.99. The summed E-state index contributed by atoms with van der Waals surface area (Å²) in [7, 11) is 1.40. The van der Waals surface area contributed by atoms with Crippen LogP contribution < -0.4 is 0 Å². The number of allylic oxidation sites excluding steroid dienone is 2. The van der Waals surface area contributed by atoms with Crippen molar-refractivity contribution in [2.75, 3.05) is 7.11 Å². The SMILES string of the molecule is COC(=O)C1C(C)=NC(C)=C(c2cccnc2)C1c1ccccc1Cl. The quantitative estimate of drug-likeness (QED) is 0.762. The van der Waals surface area contributed by atoms with E-state index < -0.39 is 5.92 Å². The highest BCUT2D eigenvalue weighted by atomic mass is 35.5. The number of hydrogen-bond acceptors (Lipinski definition) is 4. The van der Waals surface area contributed by atoms with Crippen molar-refractivity contribution in [2.24, 2.45) is 10.9 Å². The minimum absolute atomic E-state index is 0.275. The maximum absolute atomic E-state index is 12.6. The van der Waals surface area contributed by atoms with Crippen molar-refractivity contribution in [3.8, 4) is 0 Å². The number of aromatic nitrogens is 1. The van der Waals surface area contributed by atoms with E-state index in [9.17, 15) is 4.79 Å². The van der Waals surface area contributed by atoms with Crippen molar-refractivity contribution in [1.29, 1.82) is 0 Å². The molecule has 0 N–H and O–H groups in total. The van der Waals surface area contributed by atoms with E-state index in [4.69, 9.17) is 16.3 Å². The van der Waals surface area contributed by atoms with Gasteiger partial charge < -0.3 is 4.74 Å². The molecule has 0 fully saturated rings. The summed E-state index contributed by atoms with van der Waals surface area (Å²) in [5.41, 5.74) is 4.33. The average molecular weight is 355 g/mol. The standard InChI is InChI=1S/C20H19ClN2O2/c1-12-17(14-7-6-10-22-11-14)19(15-8-4-5-9-16(15)21)18(13(2)23-12)20(24)25-3/h4-11,18-19H,1-3H3. The van der Waals surface area contributed by atoms with Crippen LogP contribution in [0.2, 0.25) is 5.02 Å². The second kappa shape index (κ2) is 7.19. The van der Waals surface area contributed by atoms with Crippen molar-refractivity contribution in [1.82, 2.24) is 4.98 Å². The number of esters is 1. The van der Waals surface area contributed by atoms with Gasteiger partial charge in [0.25, 0.3) is 0 Å². The number of nitrogens with zero attached hydrogens (tertiary/aromatic N) is 2. The number of ether oxygens (including phenoxy) is 1. The molecule has 0 saturated carbocycles. The fourth-order valence-corrected chi connectivity index (χ4v) is 3.69. The molecule has 25 heavy (non-hydrogen) atoms. The van der Waals surface area contributed by atoms with Crippen LogP contribution in [0.1, 0.15) is 30.9 Å². The van der Waals surface area contributed by atoms with Gasteiger partial charge in [-0.15, -0.1) is 0 Å². The predicted molar refractivity (Wildman–Crippen MR) is 99.6 cm³/mol. The molecule has 5 heteroatoms. The highest BCUT2D eigenvalue weighted by Gasteiger charge is 2.40. The Morgan fingerprint density at radius 1 is 1.16 bits per heavy atom. The summed E-state index contributed by atoms with van der Waals surface area (Å²) in [5.74, 6) is -1.12. The molecule has 2 atom stereocenters. The number of pyridine rings is 1. The van der Waals surface area contributed by atoms with Crippen molar-refractivity contribution >= 4 is 28.9 Å². The van der Waals surface area contributed by atoms with Crippen LogP contribution in [0.3, 0.4) is 0 Å². The minimum Gasteiger partial charge on any atom is -0.468 e. The molecule has 0 saturated heterocycles. The van der Waals surface area contributed by atoms with Gasteiger partial charge in [0, 0.05) is 34.7 Å². The van der Waals surface area contributed by atoms with E-state index >= 15 is 0 Å². The fraction of sp³-hybridized carbons (Fsp3) is 0.250. The van der Waals surface area contributed by atoms with Gasteiger partial charge in [0.1, 0.15) is 5.92 Å². The zero-order chi connectivity index (χ0) is 18.0. The van der Waals surface area contributed by atoms with E-state index in [1.165, 1.54) is 7.11 Å². The highest BCUT2D eigenvalue weighted by molar-refractivity contribution is 6.31. The smallest absolute Gasteiger partial charge is 0.315 e. The number of rotatable bonds is 3. The molecule has 2 heterocycles. The van der Waals surface area contributed by atoms with Gasteiger partial charge in [0.05, 0.1) is 7.11 Å². The van der Waals surface area contributed by atoms with Gasteiger partial charge in [-0.3, -0.25) is 14.8 Å². The topological polar surface area (TPSA) is 51.5 Å². The highest BCUT2D eigenvalue weighted by Crippen LogP contribution is 2.46. The lowest BCUT2D eigenvalue weighted by atomic mass is 9.74. The molecule has 2 aromatic rings. The van der Waals surface area contributed by atoms with Crippen LogP contribution in [0.25, 0.3) is 5.57 Å². The zero-order valence-corrected chi connectivity index (χ0v) is 15.1. The van der Waals surface area contributed by atoms with E-state index in [0.29, 0.717) is 5.02 Å². The summed E-state index contributed by atoms with van der Waals surface area (Å²) in [6.07, 6.45) is 3.51. The lowest BCUT2D eigenvalue weighted by molar-refractivity contribution is -0.143. The number of carbonyl (C=O) groups is 1. The van der Waals surface area contributed by atoms with Crippen LogP contribution in [0.4, 0.5) is 0 Å². The Balaban J connectivity index is 2.27. The van der Waals surface area contributed by atoms with E-state index in [2.05, 4.69) is 9.98 Å². The molecule has 4 nitrogen and oxygen atoms in total. The normalized spacial score (nSPS) is 20.2. The maximum Gasteiger partial charge on any atom is 0.315 e. The zero-order valence-electron chi connectivity index (χ0n) is 14.4. The molecule has 1 aliphatic heterocycles. The number of methoxy groups -OCH3 is 1. The predicted octanol–water partition coefficient (Wildman–Crippen LogP) is 4.51. The lowest BCUT2D eigenvalue weighted by Crippen LogP contribution is -2.33. The first-order chi connectivity index (χ1) is 12.0. The van der Waals surface area contributed by atoms with Gasteiger partial charge in [0.15, 0.2) is 0 Å². The molecular weight excluding hydrogens is 336 g/mol. The monoisotopic (exact) mass is 354 g/mol. The Bertz CT molecular complexity index is 859. The maximum atomic E-state index is 12.6. The molecule has 1 aromatic heterocycles. The van der Waals surface area contributed by atoms with Gasteiger partial charge in [-0.1, -0.05) is 35.9 Å². The molecule has 2 unspecified atom stereocenters. The third-order valence-corrected chi connectivity index (χ3v) is 4.84. The summed E-state index contributed by atoms with van der Waals surface area (Å²) < 4.78 is 5.07. The molecule has 0 amide bonds. The van der Waals surface area contributed by atoms with Crippen molar-refractivity contribution in [3.05, 3.63) is 70.6 Å². The van der Waals surface area contributed by atoms with E-state index in [-0.39, 0.29) is 11.9 Å². The third-order valence-electron chi connectivity index (χ3n) is 4.50. The van der Waals surface area contributed by atoms with E-state index in [0.717, 1.165) is 28.1 Å². The number of carbonyl (C=O) groups excluding carboxylic acids is 1. The van der Waals surface area contributed by atoms with Crippen molar-refractivity contribution in [3.63, 3.8) is 0 Å². The van der Waals surface area contributed by atoms with Gasteiger partial charge >= 0.3 is 5.97 Å². The van der Waals surface area contributed by atoms with E-state index in [1.54, 1.807) is 12.4 Å². The van der Waals surface area contributed by atoms with Crippen LogP contribution in [0.15, 0.2) is 59.5 Å². The molecule has 0 aliphatic carbocycles. The molecule has 3 rings (SSSR count). The second-order valence-corrected chi connectivity index (χ2v) is 6.40. The molecular formula is C20H19ClN2O2.